The number of nitrogens with one attached hydrogen (secondary N) is 2. The van der Waals surface area contributed by atoms with Gasteiger partial charge in [0.15, 0.2) is 5.96 Å². The van der Waals surface area contributed by atoms with Gasteiger partial charge in [0.1, 0.15) is 0 Å². The van der Waals surface area contributed by atoms with E-state index in [9.17, 15) is 0 Å². The average molecular weight is 496 g/mol. The summed E-state index contributed by atoms with van der Waals surface area (Å²) in [7, 11) is 0. The Labute approximate surface area is 183 Å². The van der Waals surface area contributed by atoms with Gasteiger partial charge in [-0.05, 0) is 59.8 Å². The second-order valence-electron chi connectivity index (χ2n) is 8.47. The zero-order valence-electron chi connectivity index (χ0n) is 17.9. The van der Waals surface area contributed by atoms with E-state index in [0.29, 0.717) is 0 Å². The number of guanidine groups is 1. The molecule has 2 unspecified atom stereocenters. The van der Waals surface area contributed by atoms with Crippen LogP contribution in [0.25, 0.3) is 0 Å². The first kappa shape index (κ1) is 24.9. The molecule has 0 spiro atoms. The van der Waals surface area contributed by atoms with E-state index in [1.54, 1.807) is 0 Å². The quantitative estimate of drug-likeness (QED) is 0.211. The minimum Gasteiger partial charge on any atom is -0.381 e. The smallest absolute Gasteiger partial charge is 0.191 e. The van der Waals surface area contributed by atoms with Gasteiger partial charge in [0, 0.05) is 44.9 Å². The molecule has 0 radical (unpaired) electrons. The third-order valence-corrected chi connectivity index (χ3v) is 5.05. The predicted octanol–water partition coefficient (Wildman–Crippen LogP) is 2.86. The number of nitrogens with zero attached hydrogens (tertiary/aromatic N) is 2. The zero-order valence-corrected chi connectivity index (χ0v) is 20.3. The van der Waals surface area contributed by atoms with Gasteiger partial charge in [-0.1, -0.05) is 0 Å². The Kier molecular flexibility index (Phi) is 11.5. The summed E-state index contributed by atoms with van der Waals surface area (Å²) in [5.74, 6) is 1.74. The van der Waals surface area contributed by atoms with Crippen molar-refractivity contribution in [2.75, 3.05) is 45.9 Å². The normalized spacial score (nSPS) is 24.4. The highest BCUT2D eigenvalue weighted by Crippen LogP contribution is 2.28. The van der Waals surface area contributed by atoms with Gasteiger partial charge in [0.25, 0.3) is 0 Å². The Bertz CT molecular complexity index is 434. The summed E-state index contributed by atoms with van der Waals surface area (Å²) in [5, 5.41) is 6.78. The van der Waals surface area contributed by atoms with E-state index >= 15 is 0 Å². The van der Waals surface area contributed by atoms with Crippen LogP contribution in [0.5, 0.6) is 0 Å². The van der Waals surface area contributed by atoms with Gasteiger partial charge in [-0.3, -0.25) is 9.89 Å². The molecule has 0 aromatic carbocycles. The SMILES string of the molecule is CCNC(=NCC(C)(C)N1CC(C)OC(C)C1)NCCCOCC1CC1.I. The van der Waals surface area contributed by atoms with E-state index in [1.807, 2.05) is 0 Å². The molecule has 2 atom stereocenters. The van der Waals surface area contributed by atoms with E-state index in [-0.39, 0.29) is 41.7 Å². The first-order valence-electron chi connectivity index (χ1n) is 10.4. The maximum absolute atomic E-state index is 5.87. The predicted molar refractivity (Wildman–Crippen MR) is 123 cm³/mol. The zero-order chi connectivity index (χ0) is 19.0. The van der Waals surface area contributed by atoms with Crippen LogP contribution in [0.2, 0.25) is 0 Å². The van der Waals surface area contributed by atoms with Crippen LogP contribution in [0.1, 0.15) is 53.9 Å². The minimum absolute atomic E-state index is 0. The van der Waals surface area contributed by atoms with E-state index in [2.05, 4.69) is 50.2 Å². The lowest BCUT2D eigenvalue weighted by Gasteiger charge is -2.44. The Balaban J connectivity index is 0.00000364. The van der Waals surface area contributed by atoms with Crippen molar-refractivity contribution in [3.63, 3.8) is 0 Å². The third-order valence-electron chi connectivity index (χ3n) is 5.05. The number of halogens is 1. The van der Waals surface area contributed by atoms with Crippen LogP contribution in [0, 0.1) is 5.92 Å². The van der Waals surface area contributed by atoms with Gasteiger partial charge in [-0.15, -0.1) is 24.0 Å². The number of morpholine rings is 1. The van der Waals surface area contributed by atoms with E-state index in [4.69, 9.17) is 14.5 Å². The molecule has 7 heteroatoms. The second kappa shape index (κ2) is 12.4. The molecular weight excluding hydrogens is 455 g/mol. The molecule has 0 amide bonds. The Hall–Kier alpha value is -0.120. The molecule has 1 aliphatic carbocycles. The molecule has 0 aromatic heterocycles. The summed E-state index contributed by atoms with van der Waals surface area (Å²) in [6.45, 7) is 17.2. The van der Waals surface area contributed by atoms with Crippen LogP contribution < -0.4 is 10.6 Å². The standard InChI is InChI=1S/C20H40N4O2.HI/c1-6-21-19(22-10-7-11-25-14-18-8-9-18)23-15-20(4,5)24-12-16(2)26-17(3)13-24;/h16-18H,6-15H2,1-5H3,(H2,21,22,23);1H. The molecule has 2 fully saturated rings. The first-order valence-corrected chi connectivity index (χ1v) is 10.4. The van der Waals surface area contributed by atoms with Crippen LogP contribution in [-0.2, 0) is 9.47 Å². The second-order valence-corrected chi connectivity index (χ2v) is 8.47. The fourth-order valence-corrected chi connectivity index (χ4v) is 3.30. The van der Waals surface area contributed by atoms with Crippen LogP contribution in [0.3, 0.4) is 0 Å². The van der Waals surface area contributed by atoms with Crippen molar-refractivity contribution in [1.29, 1.82) is 0 Å². The molecule has 1 saturated heterocycles. The first-order chi connectivity index (χ1) is 12.4. The van der Waals surface area contributed by atoms with Crippen molar-refractivity contribution in [2.45, 2.75) is 71.6 Å². The van der Waals surface area contributed by atoms with Crippen LogP contribution in [0.15, 0.2) is 4.99 Å². The van der Waals surface area contributed by atoms with Gasteiger partial charge in [-0.2, -0.15) is 0 Å². The third kappa shape index (κ3) is 9.76. The van der Waals surface area contributed by atoms with Crippen molar-refractivity contribution >= 4 is 29.9 Å². The number of ether oxygens (including phenoxy) is 2. The van der Waals surface area contributed by atoms with Crippen molar-refractivity contribution in [2.24, 2.45) is 10.9 Å². The number of hydrogen-bond donors (Lipinski definition) is 2. The molecule has 2 aliphatic rings. The van der Waals surface area contributed by atoms with Gasteiger partial charge in [-0.25, -0.2) is 0 Å². The fraction of sp³-hybridized carbons (Fsp3) is 0.950. The molecule has 1 saturated carbocycles. The van der Waals surface area contributed by atoms with Gasteiger partial charge < -0.3 is 20.1 Å². The summed E-state index contributed by atoms with van der Waals surface area (Å²) in [6.07, 6.45) is 4.28. The van der Waals surface area contributed by atoms with Crippen LogP contribution >= 0.6 is 24.0 Å². The summed E-state index contributed by atoms with van der Waals surface area (Å²) in [4.78, 5) is 7.34. The van der Waals surface area contributed by atoms with Crippen molar-refractivity contribution in [1.82, 2.24) is 15.5 Å². The summed E-state index contributed by atoms with van der Waals surface area (Å²) in [5.41, 5.74) is 0.0159. The van der Waals surface area contributed by atoms with Gasteiger partial charge in [0.2, 0.25) is 0 Å². The van der Waals surface area contributed by atoms with E-state index in [0.717, 1.165) is 64.2 Å². The monoisotopic (exact) mass is 496 g/mol. The Morgan fingerprint density at radius 1 is 1.19 bits per heavy atom. The van der Waals surface area contributed by atoms with E-state index in [1.165, 1.54) is 12.8 Å². The van der Waals surface area contributed by atoms with Gasteiger partial charge in [0.05, 0.1) is 18.8 Å². The molecular formula is C20H41IN4O2. The number of rotatable bonds is 10. The highest BCUT2D eigenvalue weighted by Gasteiger charge is 2.33. The van der Waals surface area contributed by atoms with Crippen molar-refractivity contribution in [3.05, 3.63) is 0 Å². The largest absolute Gasteiger partial charge is 0.381 e. The average Bonchev–Trinajstić information content (AvgIpc) is 3.39. The van der Waals surface area contributed by atoms with Crippen LogP contribution in [-0.4, -0.2) is 74.5 Å². The molecule has 0 bridgehead atoms. The molecule has 0 aromatic rings. The molecule has 6 nitrogen and oxygen atoms in total. The lowest BCUT2D eigenvalue weighted by atomic mass is 10.0. The lowest BCUT2D eigenvalue weighted by molar-refractivity contribution is -0.0939. The molecule has 2 rings (SSSR count). The van der Waals surface area contributed by atoms with Crippen molar-refractivity contribution < 1.29 is 9.47 Å². The molecule has 27 heavy (non-hydrogen) atoms. The highest BCUT2D eigenvalue weighted by molar-refractivity contribution is 14.0. The number of hydrogen-bond acceptors (Lipinski definition) is 4. The molecule has 1 heterocycles. The van der Waals surface area contributed by atoms with Gasteiger partial charge >= 0.3 is 0 Å². The fourth-order valence-electron chi connectivity index (χ4n) is 3.30. The Morgan fingerprint density at radius 2 is 1.85 bits per heavy atom. The Morgan fingerprint density at radius 3 is 2.44 bits per heavy atom. The number of aliphatic imine (C=N–C) groups is 1. The van der Waals surface area contributed by atoms with E-state index < -0.39 is 0 Å². The maximum Gasteiger partial charge on any atom is 0.191 e. The minimum atomic E-state index is 0. The highest BCUT2D eigenvalue weighted by atomic mass is 127. The topological polar surface area (TPSA) is 58.1 Å². The molecule has 1 aliphatic heterocycles. The lowest BCUT2D eigenvalue weighted by Crippen LogP contribution is -2.56. The maximum atomic E-state index is 5.87. The van der Waals surface area contributed by atoms with Crippen LogP contribution in [0.4, 0.5) is 0 Å². The molecule has 160 valence electrons. The summed E-state index contributed by atoms with van der Waals surface area (Å²) >= 11 is 0. The summed E-state index contributed by atoms with van der Waals surface area (Å²) < 4.78 is 11.6. The van der Waals surface area contributed by atoms with Crippen molar-refractivity contribution in [3.8, 4) is 0 Å². The summed E-state index contributed by atoms with van der Waals surface area (Å²) in [6, 6.07) is 0. The molecule has 2 N–H and O–H groups in total.